The predicted molar refractivity (Wildman–Crippen MR) is 66.7 cm³/mol. The zero-order valence-corrected chi connectivity index (χ0v) is 10.5. The fourth-order valence-electron chi connectivity index (χ4n) is 2.16. The number of hydrogen-bond acceptors (Lipinski definition) is 4. The van der Waals surface area contributed by atoms with E-state index in [9.17, 15) is 15.2 Å². The van der Waals surface area contributed by atoms with E-state index in [0.29, 0.717) is 36.6 Å². The van der Waals surface area contributed by atoms with Gasteiger partial charge >= 0.3 is 0 Å². The first kappa shape index (κ1) is 13.3. The maximum absolute atomic E-state index is 10.9. The van der Waals surface area contributed by atoms with Gasteiger partial charge in [-0.2, -0.15) is 0 Å². The molecule has 0 amide bonds. The summed E-state index contributed by atoms with van der Waals surface area (Å²) in [5.74, 6) is -0.115. The lowest BCUT2D eigenvalue weighted by Crippen LogP contribution is -2.33. The van der Waals surface area contributed by atoms with Gasteiger partial charge in [0.1, 0.15) is 0 Å². The summed E-state index contributed by atoms with van der Waals surface area (Å²) >= 11 is 5.86. The van der Waals surface area contributed by atoms with Crippen LogP contribution in [0.2, 0.25) is 5.02 Å². The summed E-state index contributed by atoms with van der Waals surface area (Å²) < 4.78 is 5.29. The maximum Gasteiger partial charge on any atom is 0.272 e. The average Bonchev–Trinajstić information content (AvgIpc) is 2.32. The molecule has 1 fully saturated rings. The zero-order chi connectivity index (χ0) is 13.1. The second kappa shape index (κ2) is 5.65. The van der Waals surface area contributed by atoms with Crippen LogP contribution in [0.4, 0.5) is 5.69 Å². The maximum atomic E-state index is 10.9. The van der Waals surface area contributed by atoms with Crippen LogP contribution in [-0.2, 0) is 11.2 Å². The van der Waals surface area contributed by atoms with Crippen LogP contribution in [0.3, 0.4) is 0 Å². The molecule has 6 heteroatoms. The molecule has 1 aliphatic heterocycles. The Labute approximate surface area is 109 Å². The SMILES string of the molecule is O=[N+]([O-])c1ccc(Cl)cc1CC1COCCC1O. The molecule has 1 heterocycles. The van der Waals surface area contributed by atoms with E-state index in [1.54, 1.807) is 6.07 Å². The van der Waals surface area contributed by atoms with Crippen molar-refractivity contribution in [2.24, 2.45) is 5.92 Å². The van der Waals surface area contributed by atoms with E-state index in [1.165, 1.54) is 12.1 Å². The molecule has 0 radical (unpaired) electrons. The third-order valence-corrected chi connectivity index (χ3v) is 3.39. The van der Waals surface area contributed by atoms with Crippen molar-refractivity contribution >= 4 is 17.3 Å². The van der Waals surface area contributed by atoms with Crippen LogP contribution in [0, 0.1) is 16.0 Å². The molecular formula is C12H14ClNO4. The molecule has 1 aliphatic rings. The van der Waals surface area contributed by atoms with Crippen LogP contribution in [0.25, 0.3) is 0 Å². The molecule has 0 bridgehead atoms. The normalized spacial score (nSPS) is 23.9. The number of nitro groups is 1. The van der Waals surface area contributed by atoms with Crippen LogP contribution in [0.15, 0.2) is 18.2 Å². The summed E-state index contributed by atoms with van der Waals surface area (Å²) in [7, 11) is 0. The van der Waals surface area contributed by atoms with Gasteiger partial charge in [0.15, 0.2) is 0 Å². The monoisotopic (exact) mass is 271 g/mol. The Morgan fingerprint density at radius 2 is 2.33 bits per heavy atom. The Balaban J connectivity index is 2.21. The Bertz CT molecular complexity index is 452. The van der Waals surface area contributed by atoms with Crippen LogP contribution in [0.1, 0.15) is 12.0 Å². The molecule has 5 nitrogen and oxygen atoms in total. The number of halogens is 1. The predicted octanol–water partition coefficient (Wildman–Crippen LogP) is 2.19. The molecule has 98 valence electrons. The number of hydrogen-bond donors (Lipinski definition) is 1. The Kier molecular flexibility index (Phi) is 4.16. The highest BCUT2D eigenvalue weighted by molar-refractivity contribution is 6.30. The molecule has 0 aromatic heterocycles. The van der Waals surface area contributed by atoms with Crippen LogP contribution in [0.5, 0.6) is 0 Å². The van der Waals surface area contributed by atoms with E-state index in [2.05, 4.69) is 0 Å². The van der Waals surface area contributed by atoms with Crippen molar-refractivity contribution in [3.05, 3.63) is 38.9 Å². The molecular weight excluding hydrogens is 258 g/mol. The molecule has 0 saturated carbocycles. The van der Waals surface area contributed by atoms with Gasteiger partial charge in [-0.3, -0.25) is 10.1 Å². The molecule has 2 atom stereocenters. The van der Waals surface area contributed by atoms with Crippen molar-refractivity contribution in [1.29, 1.82) is 0 Å². The molecule has 0 aliphatic carbocycles. The van der Waals surface area contributed by atoms with Crippen molar-refractivity contribution < 1.29 is 14.8 Å². The van der Waals surface area contributed by atoms with Gasteiger partial charge in [0, 0.05) is 29.2 Å². The molecule has 2 rings (SSSR count). The highest BCUT2D eigenvalue weighted by Gasteiger charge is 2.26. The van der Waals surface area contributed by atoms with Crippen LogP contribution in [-0.4, -0.2) is 29.3 Å². The van der Waals surface area contributed by atoms with Gasteiger partial charge < -0.3 is 9.84 Å². The summed E-state index contributed by atoms with van der Waals surface area (Å²) in [5, 5.41) is 21.2. The van der Waals surface area contributed by atoms with E-state index >= 15 is 0 Å². The van der Waals surface area contributed by atoms with Crippen molar-refractivity contribution in [3.8, 4) is 0 Å². The number of benzene rings is 1. The fraction of sp³-hybridized carbons (Fsp3) is 0.500. The van der Waals surface area contributed by atoms with Gasteiger partial charge in [-0.25, -0.2) is 0 Å². The second-order valence-corrected chi connectivity index (χ2v) is 4.86. The lowest BCUT2D eigenvalue weighted by atomic mass is 9.91. The van der Waals surface area contributed by atoms with Gasteiger partial charge in [0.2, 0.25) is 0 Å². The third kappa shape index (κ3) is 2.98. The molecule has 18 heavy (non-hydrogen) atoms. The minimum absolute atomic E-state index is 0.0390. The van der Waals surface area contributed by atoms with Crippen LogP contribution < -0.4 is 0 Å². The highest BCUT2D eigenvalue weighted by atomic mass is 35.5. The fourth-order valence-corrected chi connectivity index (χ4v) is 2.35. The van der Waals surface area contributed by atoms with Gasteiger partial charge in [-0.15, -0.1) is 0 Å². The lowest BCUT2D eigenvalue weighted by Gasteiger charge is -2.27. The van der Waals surface area contributed by atoms with E-state index in [4.69, 9.17) is 16.3 Å². The Morgan fingerprint density at radius 3 is 3.00 bits per heavy atom. The Morgan fingerprint density at radius 1 is 1.56 bits per heavy atom. The molecule has 1 N–H and O–H groups in total. The third-order valence-electron chi connectivity index (χ3n) is 3.15. The number of nitrogens with zero attached hydrogens (tertiary/aromatic N) is 1. The molecule has 1 aromatic carbocycles. The summed E-state index contributed by atoms with van der Waals surface area (Å²) in [5.41, 5.74) is 0.583. The van der Waals surface area contributed by atoms with Crippen molar-refractivity contribution in [2.45, 2.75) is 18.9 Å². The average molecular weight is 272 g/mol. The van der Waals surface area contributed by atoms with Crippen LogP contribution >= 0.6 is 11.6 Å². The van der Waals surface area contributed by atoms with E-state index in [0.717, 1.165) is 0 Å². The second-order valence-electron chi connectivity index (χ2n) is 4.43. The molecule has 1 aromatic rings. The zero-order valence-electron chi connectivity index (χ0n) is 9.71. The minimum Gasteiger partial charge on any atom is -0.393 e. The number of aliphatic hydroxyl groups excluding tert-OH is 1. The van der Waals surface area contributed by atoms with E-state index < -0.39 is 11.0 Å². The Hall–Kier alpha value is -1.17. The topological polar surface area (TPSA) is 72.6 Å². The first-order chi connectivity index (χ1) is 8.58. The quantitative estimate of drug-likeness (QED) is 0.676. The first-order valence-corrected chi connectivity index (χ1v) is 6.14. The van der Waals surface area contributed by atoms with Gasteiger partial charge in [-0.1, -0.05) is 11.6 Å². The van der Waals surface area contributed by atoms with E-state index in [1.807, 2.05) is 0 Å². The van der Waals surface area contributed by atoms with Crippen molar-refractivity contribution in [3.63, 3.8) is 0 Å². The summed E-state index contributed by atoms with van der Waals surface area (Å²) in [6, 6.07) is 4.48. The number of aliphatic hydroxyl groups is 1. The summed E-state index contributed by atoms with van der Waals surface area (Å²) in [4.78, 5) is 10.5. The lowest BCUT2D eigenvalue weighted by molar-refractivity contribution is -0.385. The smallest absolute Gasteiger partial charge is 0.272 e. The summed E-state index contributed by atoms with van der Waals surface area (Å²) in [6.07, 6.45) is 0.495. The molecule has 2 unspecified atom stereocenters. The minimum atomic E-state index is -0.475. The highest BCUT2D eigenvalue weighted by Crippen LogP contribution is 2.28. The molecule has 0 spiro atoms. The standard InChI is InChI=1S/C12H14ClNO4/c13-10-1-2-11(14(16)17)8(6-10)5-9-7-18-4-3-12(9)15/h1-2,6,9,12,15H,3-5,7H2. The molecule has 1 saturated heterocycles. The number of rotatable bonds is 3. The van der Waals surface area contributed by atoms with Gasteiger partial charge in [0.05, 0.1) is 17.6 Å². The number of nitro benzene ring substituents is 1. The van der Waals surface area contributed by atoms with Gasteiger partial charge in [0.25, 0.3) is 5.69 Å². The summed E-state index contributed by atoms with van der Waals surface area (Å²) in [6.45, 7) is 0.958. The van der Waals surface area contributed by atoms with Crippen molar-refractivity contribution in [1.82, 2.24) is 0 Å². The van der Waals surface area contributed by atoms with E-state index in [-0.39, 0.29) is 11.6 Å². The first-order valence-electron chi connectivity index (χ1n) is 5.76. The van der Waals surface area contributed by atoms with Gasteiger partial charge in [-0.05, 0) is 25.0 Å². The van der Waals surface area contributed by atoms with Crippen molar-refractivity contribution in [2.75, 3.05) is 13.2 Å². The largest absolute Gasteiger partial charge is 0.393 e. The number of ether oxygens (including phenoxy) is 1.